The summed E-state index contributed by atoms with van der Waals surface area (Å²) in [6.45, 7) is 12.2. The van der Waals surface area contributed by atoms with Crippen molar-refractivity contribution in [1.29, 1.82) is 0 Å². The first-order valence-electron chi connectivity index (χ1n) is 10.1. The van der Waals surface area contributed by atoms with Crippen molar-refractivity contribution in [3.8, 4) is 0 Å². The van der Waals surface area contributed by atoms with Crippen LogP contribution in [-0.4, -0.2) is 44.7 Å². The predicted molar refractivity (Wildman–Crippen MR) is 114 cm³/mol. The Hall–Kier alpha value is -1.60. The smallest absolute Gasteiger partial charge is 0.410 e. The minimum atomic E-state index is -1.44. The molecule has 0 bridgehead atoms. The molecule has 1 amide bonds. The van der Waals surface area contributed by atoms with Crippen LogP contribution < -0.4 is 0 Å². The number of rotatable bonds is 1. The lowest BCUT2D eigenvalue weighted by Crippen LogP contribution is -2.47. The normalized spacial score (nSPS) is 21.4. The first kappa shape index (κ1) is 22.1. The van der Waals surface area contributed by atoms with E-state index in [-0.39, 0.29) is 11.9 Å². The molecule has 0 N–H and O–H groups in total. The number of amides is 1. The number of carbonyl (C=O) groups excluding carboxylic acids is 1. The van der Waals surface area contributed by atoms with Crippen molar-refractivity contribution in [2.24, 2.45) is 9.81 Å². The molecule has 1 atom stereocenters. The van der Waals surface area contributed by atoms with E-state index in [2.05, 4.69) is 4.40 Å². The second-order valence-electron chi connectivity index (χ2n) is 9.99. The molecule has 1 saturated heterocycles. The largest absolute Gasteiger partial charge is 0.591 e. The minimum Gasteiger partial charge on any atom is -0.591 e. The number of piperidine rings is 1. The van der Waals surface area contributed by atoms with E-state index in [0.29, 0.717) is 37.9 Å². The lowest BCUT2D eigenvalue weighted by Gasteiger charge is -2.39. The molecule has 2 aliphatic rings. The Balaban J connectivity index is 1.89. The number of hydrogen-bond donors (Lipinski definition) is 0. The van der Waals surface area contributed by atoms with Crippen LogP contribution in [0.5, 0.6) is 0 Å². The van der Waals surface area contributed by atoms with Crippen LogP contribution >= 0.6 is 0 Å². The van der Waals surface area contributed by atoms with Crippen molar-refractivity contribution >= 4 is 23.2 Å². The molecule has 160 valence electrons. The van der Waals surface area contributed by atoms with E-state index in [4.69, 9.17) is 4.74 Å². The van der Waals surface area contributed by atoms with Gasteiger partial charge in [-0.3, -0.25) is 0 Å². The summed E-state index contributed by atoms with van der Waals surface area (Å²) in [5.74, 6) is -0.247. The molecule has 1 aromatic carbocycles. The van der Waals surface area contributed by atoms with Crippen LogP contribution in [0.4, 0.5) is 9.18 Å². The third-order valence-electron chi connectivity index (χ3n) is 5.46. The molecule has 29 heavy (non-hydrogen) atoms. The van der Waals surface area contributed by atoms with Gasteiger partial charge in [0.1, 0.15) is 33.2 Å². The quantitative estimate of drug-likeness (QED) is 0.619. The maximum Gasteiger partial charge on any atom is 0.410 e. The summed E-state index contributed by atoms with van der Waals surface area (Å²) >= 11 is -1.44. The fourth-order valence-electron chi connectivity index (χ4n) is 3.89. The molecule has 5 nitrogen and oxygen atoms in total. The highest BCUT2D eigenvalue weighted by Crippen LogP contribution is 2.46. The molecule has 0 radical (unpaired) electrons. The standard InChI is InChI=1S/C22H31FN2O3S/c1-20(2,3)28-19(26)25-12-10-22(11-13-25)14-16-15(8-7-9-17(16)23)18(22)24-29(27)21(4,5)6/h7-9H,10-14H2,1-6H3. The van der Waals surface area contributed by atoms with Gasteiger partial charge in [0.05, 0.1) is 0 Å². The van der Waals surface area contributed by atoms with Gasteiger partial charge in [0, 0.05) is 24.1 Å². The van der Waals surface area contributed by atoms with Crippen LogP contribution in [0.25, 0.3) is 0 Å². The lowest BCUT2D eigenvalue weighted by molar-refractivity contribution is 0.0159. The van der Waals surface area contributed by atoms with Crippen LogP contribution in [0.1, 0.15) is 65.5 Å². The number of benzene rings is 1. The van der Waals surface area contributed by atoms with E-state index in [1.165, 1.54) is 6.07 Å². The van der Waals surface area contributed by atoms with E-state index >= 15 is 0 Å². The Kier molecular flexibility index (Phi) is 5.78. The molecule has 1 fully saturated rings. The van der Waals surface area contributed by atoms with Gasteiger partial charge in [-0.25, -0.2) is 9.18 Å². The van der Waals surface area contributed by atoms with Gasteiger partial charge < -0.3 is 14.2 Å². The number of carbonyl (C=O) groups is 1. The molecule has 1 aliphatic heterocycles. The molecular weight excluding hydrogens is 391 g/mol. The van der Waals surface area contributed by atoms with Crippen LogP contribution in [0.15, 0.2) is 22.6 Å². The number of likely N-dealkylation sites (tertiary alicyclic amines) is 1. The molecule has 0 aromatic heterocycles. The highest BCUT2D eigenvalue weighted by molar-refractivity contribution is 7.91. The predicted octanol–water partition coefficient (Wildman–Crippen LogP) is 4.65. The van der Waals surface area contributed by atoms with Gasteiger partial charge in [-0.2, -0.15) is 0 Å². The van der Waals surface area contributed by atoms with Gasteiger partial charge in [0.2, 0.25) is 0 Å². The topological polar surface area (TPSA) is 65.0 Å². The molecule has 1 heterocycles. The third-order valence-corrected chi connectivity index (χ3v) is 6.86. The van der Waals surface area contributed by atoms with Crippen molar-refractivity contribution in [1.82, 2.24) is 4.90 Å². The van der Waals surface area contributed by atoms with E-state index in [1.807, 2.05) is 47.6 Å². The average molecular weight is 423 g/mol. The van der Waals surface area contributed by atoms with Gasteiger partial charge in [0.25, 0.3) is 0 Å². The zero-order valence-corrected chi connectivity index (χ0v) is 19.0. The van der Waals surface area contributed by atoms with Crippen LogP contribution in [0.2, 0.25) is 0 Å². The maximum atomic E-state index is 14.5. The summed E-state index contributed by atoms with van der Waals surface area (Å²) < 4.78 is 37.0. The third kappa shape index (κ3) is 4.61. The van der Waals surface area contributed by atoms with Gasteiger partial charge in [-0.05, 0) is 72.4 Å². The van der Waals surface area contributed by atoms with Crippen LogP contribution in [-0.2, 0) is 22.5 Å². The van der Waals surface area contributed by atoms with E-state index in [1.54, 1.807) is 11.0 Å². The summed E-state index contributed by atoms with van der Waals surface area (Å²) in [5.41, 5.74) is 1.18. The van der Waals surface area contributed by atoms with Crippen LogP contribution in [0.3, 0.4) is 0 Å². The Morgan fingerprint density at radius 3 is 2.38 bits per heavy atom. The second kappa shape index (κ2) is 7.58. The van der Waals surface area contributed by atoms with Crippen molar-refractivity contribution < 1.29 is 18.5 Å². The summed E-state index contributed by atoms with van der Waals surface area (Å²) in [4.78, 5) is 14.1. The summed E-state index contributed by atoms with van der Waals surface area (Å²) in [6.07, 6.45) is 1.48. The fraction of sp³-hybridized carbons (Fsp3) is 0.636. The number of nitrogens with zero attached hydrogens (tertiary/aromatic N) is 2. The molecule has 1 aliphatic carbocycles. The van der Waals surface area contributed by atoms with Gasteiger partial charge in [-0.15, -0.1) is 0 Å². The minimum absolute atomic E-state index is 0.247. The number of ether oxygens (including phenoxy) is 1. The highest BCUT2D eigenvalue weighted by atomic mass is 32.2. The van der Waals surface area contributed by atoms with Crippen molar-refractivity contribution in [3.63, 3.8) is 0 Å². The Bertz CT molecular complexity index is 818. The number of fused-ring (bicyclic) bond motifs is 1. The van der Waals surface area contributed by atoms with Gasteiger partial charge in [-0.1, -0.05) is 16.5 Å². The summed E-state index contributed by atoms with van der Waals surface area (Å²) in [5, 5.41) is 0. The monoisotopic (exact) mass is 422 g/mol. The zero-order valence-electron chi connectivity index (χ0n) is 18.2. The second-order valence-corrected chi connectivity index (χ2v) is 11.9. The Morgan fingerprint density at radius 1 is 1.21 bits per heavy atom. The van der Waals surface area contributed by atoms with Crippen LogP contribution in [0, 0.1) is 11.2 Å². The SMILES string of the molecule is CC(C)(C)OC(=O)N1CCC2(CC1)Cc1c(F)cccc1C2=N[S+]([O-])C(C)(C)C. The molecule has 1 spiro atoms. The fourth-order valence-corrected chi connectivity index (χ4v) is 4.62. The van der Waals surface area contributed by atoms with E-state index < -0.39 is 27.1 Å². The molecule has 3 rings (SSSR count). The molecule has 7 heteroatoms. The summed E-state index contributed by atoms with van der Waals surface area (Å²) in [6, 6.07) is 5.01. The zero-order chi connectivity index (χ0) is 21.6. The molecule has 0 saturated carbocycles. The van der Waals surface area contributed by atoms with E-state index in [9.17, 15) is 13.7 Å². The number of hydrogen-bond acceptors (Lipinski definition) is 4. The average Bonchev–Trinajstić information content (AvgIpc) is 2.88. The molecule has 1 aromatic rings. The van der Waals surface area contributed by atoms with Gasteiger partial charge in [0.15, 0.2) is 0 Å². The first-order valence-corrected chi connectivity index (χ1v) is 11.2. The number of halogens is 1. The Morgan fingerprint density at radius 2 is 1.83 bits per heavy atom. The van der Waals surface area contributed by atoms with Crippen molar-refractivity contribution in [2.75, 3.05) is 13.1 Å². The maximum absolute atomic E-state index is 14.5. The Labute approximate surface area is 176 Å². The van der Waals surface area contributed by atoms with Crippen molar-refractivity contribution in [3.05, 3.63) is 35.1 Å². The molecular formula is C22H31FN2O3S. The highest BCUT2D eigenvalue weighted by Gasteiger charge is 2.49. The van der Waals surface area contributed by atoms with E-state index in [0.717, 1.165) is 11.3 Å². The lowest BCUT2D eigenvalue weighted by atomic mass is 9.74. The first-order chi connectivity index (χ1) is 13.3. The van der Waals surface area contributed by atoms with Gasteiger partial charge >= 0.3 is 6.09 Å². The molecule has 1 unspecified atom stereocenters. The van der Waals surface area contributed by atoms with Crippen molar-refractivity contribution in [2.45, 2.75) is 71.2 Å². The summed E-state index contributed by atoms with van der Waals surface area (Å²) in [7, 11) is 0.